The Morgan fingerprint density at radius 1 is 1.47 bits per heavy atom. The molecular formula is C12H15BrN2O2. The summed E-state index contributed by atoms with van der Waals surface area (Å²) >= 11 is 3.25. The number of nitrogens with zero attached hydrogens (tertiary/aromatic N) is 1. The first-order valence-corrected chi connectivity index (χ1v) is 6.41. The van der Waals surface area contributed by atoms with E-state index in [0.29, 0.717) is 11.6 Å². The van der Waals surface area contributed by atoms with Crippen LogP contribution < -0.4 is 5.32 Å². The van der Waals surface area contributed by atoms with Crippen LogP contribution in [0.1, 0.15) is 26.7 Å². The molecule has 0 aliphatic heterocycles. The van der Waals surface area contributed by atoms with Gasteiger partial charge in [0, 0.05) is 16.1 Å². The van der Waals surface area contributed by atoms with Gasteiger partial charge in [-0.1, -0.05) is 15.9 Å². The summed E-state index contributed by atoms with van der Waals surface area (Å²) in [7, 11) is 0. The van der Waals surface area contributed by atoms with Crippen LogP contribution in [0, 0.1) is 16.0 Å². The van der Waals surface area contributed by atoms with E-state index < -0.39 is 0 Å². The van der Waals surface area contributed by atoms with Crippen LogP contribution in [0.25, 0.3) is 0 Å². The number of hydrogen-bond donors (Lipinski definition) is 1. The molecule has 1 aromatic carbocycles. The summed E-state index contributed by atoms with van der Waals surface area (Å²) in [6, 6.07) is 5.11. The van der Waals surface area contributed by atoms with Crippen molar-refractivity contribution in [2.75, 3.05) is 5.32 Å². The van der Waals surface area contributed by atoms with E-state index in [2.05, 4.69) is 35.1 Å². The summed E-state index contributed by atoms with van der Waals surface area (Å²) in [6.45, 7) is 4.19. The van der Waals surface area contributed by atoms with E-state index in [1.54, 1.807) is 6.07 Å². The predicted molar refractivity (Wildman–Crippen MR) is 71.2 cm³/mol. The second-order valence-electron chi connectivity index (χ2n) is 5.04. The van der Waals surface area contributed by atoms with Crippen molar-refractivity contribution >= 4 is 27.3 Å². The molecule has 1 aromatic rings. The topological polar surface area (TPSA) is 55.2 Å². The molecule has 1 saturated carbocycles. The smallest absolute Gasteiger partial charge is 0.293 e. The van der Waals surface area contributed by atoms with Crippen molar-refractivity contribution in [3.8, 4) is 0 Å². The molecule has 0 atom stereocenters. The number of halogens is 1. The van der Waals surface area contributed by atoms with E-state index in [-0.39, 0.29) is 16.1 Å². The van der Waals surface area contributed by atoms with Gasteiger partial charge in [-0.15, -0.1) is 0 Å². The summed E-state index contributed by atoms with van der Waals surface area (Å²) < 4.78 is 0.721. The van der Waals surface area contributed by atoms with Gasteiger partial charge in [-0.25, -0.2) is 0 Å². The maximum absolute atomic E-state index is 11.0. The third-order valence-corrected chi connectivity index (χ3v) is 3.70. The highest BCUT2D eigenvalue weighted by molar-refractivity contribution is 9.10. The van der Waals surface area contributed by atoms with Gasteiger partial charge in [0.1, 0.15) is 5.69 Å². The summed E-state index contributed by atoms with van der Waals surface area (Å²) in [4.78, 5) is 10.6. The van der Waals surface area contributed by atoms with Gasteiger partial charge < -0.3 is 5.32 Å². The zero-order valence-corrected chi connectivity index (χ0v) is 11.5. The molecule has 0 aromatic heterocycles. The first-order chi connectivity index (χ1) is 7.90. The highest BCUT2D eigenvalue weighted by atomic mass is 79.9. The number of nitro benzene ring substituents is 1. The molecule has 1 N–H and O–H groups in total. The summed E-state index contributed by atoms with van der Waals surface area (Å²) in [6.07, 6.45) is 2.40. The van der Waals surface area contributed by atoms with E-state index in [1.807, 2.05) is 6.07 Å². The number of nitrogens with one attached hydrogen (secondary N) is 1. The zero-order valence-electron chi connectivity index (χ0n) is 9.87. The Labute approximate surface area is 109 Å². The fourth-order valence-electron chi connectivity index (χ4n) is 2.02. The molecule has 1 aliphatic carbocycles. The molecule has 17 heavy (non-hydrogen) atoms. The lowest BCUT2D eigenvalue weighted by Crippen LogP contribution is -2.33. The molecule has 0 spiro atoms. The van der Waals surface area contributed by atoms with Gasteiger partial charge in [0.2, 0.25) is 0 Å². The van der Waals surface area contributed by atoms with E-state index >= 15 is 0 Å². The van der Waals surface area contributed by atoms with E-state index in [1.165, 1.54) is 18.9 Å². The Morgan fingerprint density at radius 3 is 2.65 bits per heavy atom. The highest BCUT2D eigenvalue weighted by Crippen LogP contribution is 2.42. The minimum absolute atomic E-state index is 0.0847. The highest BCUT2D eigenvalue weighted by Gasteiger charge is 2.38. The monoisotopic (exact) mass is 298 g/mol. The number of hydrogen-bond acceptors (Lipinski definition) is 3. The molecule has 1 fully saturated rings. The fourth-order valence-corrected chi connectivity index (χ4v) is 2.36. The third-order valence-electron chi connectivity index (χ3n) is 3.21. The van der Waals surface area contributed by atoms with Crippen molar-refractivity contribution in [1.29, 1.82) is 0 Å². The molecule has 92 valence electrons. The Morgan fingerprint density at radius 2 is 2.12 bits per heavy atom. The van der Waals surface area contributed by atoms with Crippen LogP contribution in [0.2, 0.25) is 0 Å². The van der Waals surface area contributed by atoms with Crippen LogP contribution in [0.3, 0.4) is 0 Å². The van der Waals surface area contributed by atoms with Crippen molar-refractivity contribution in [3.05, 3.63) is 32.8 Å². The summed E-state index contributed by atoms with van der Waals surface area (Å²) in [5.41, 5.74) is 0.627. The number of rotatable bonds is 4. The van der Waals surface area contributed by atoms with Gasteiger partial charge in [0.25, 0.3) is 5.69 Å². The number of benzene rings is 1. The van der Waals surface area contributed by atoms with Gasteiger partial charge in [-0.2, -0.15) is 0 Å². The van der Waals surface area contributed by atoms with Crippen LogP contribution in [0.15, 0.2) is 22.7 Å². The summed E-state index contributed by atoms with van der Waals surface area (Å²) in [5.74, 6) is 0.616. The lowest BCUT2D eigenvalue weighted by atomic mass is 9.98. The van der Waals surface area contributed by atoms with E-state index in [0.717, 1.165) is 4.47 Å². The maximum Gasteiger partial charge on any atom is 0.293 e. The number of nitro groups is 1. The Kier molecular flexibility index (Phi) is 3.12. The summed E-state index contributed by atoms with van der Waals surface area (Å²) in [5, 5.41) is 14.3. The van der Waals surface area contributed by atoms with Gasteiger partial charge in [0.15, 0.2) is 0 Å². The second kappa shape index (κ2) is 4.29. The Bertz CT molecular complexity index is 456. The Balaban J connectivity index is 2.28. The van der Waals surface area contributed by atoms with Crippen LogP contribution in [0.4, 0.5) is 11.4 Å². The van der Waals surface area contributed by atoms with Crippen molar-refractivity contribution < 1.29 is 4.92 Å². The molecule has 0 unspecified atom stereocenters. The quantitative estimate of drug-likeness (QED) is 0.676. The van der Waals surface area contributed by atoms with E-state index in [4.69, 9.17) is 0 Å². The zero-order chi connectivity index (χ0) is 12.6. The van der Waals surface area contributed by atoms with Gasteiger partial charge in [-0.3, -0.25) is 10.1 Å². The van der Waals surface area contributed by atoms with Crippen LogP contribution in [-0.4, -0.2) is 10.5 Å². The average Bonchev–Trinajstić information content (AvgIpc) is 3.03. The normalized spacial score (nSPS) is 15.7. The second-order valence-corrected chi connectivity index (χ2v) is 5.96. The van der Waals surface area contributed by atoms with Gasteiger partial charge in [-0.05, 0) is 44.7 Å². The first-order valence-electron chi connectivity index (χ1n) is 5.62. The lowest BCUT2D eigenvalue weighted by Gasteiger charge is -2.27. The van der Waals surface area contributed by atoms with Gasteiger partial charge >= 0.3 is 0 Å². The molecule has 0 amide bonds. The minimum Gasteiger partial charge on any atom is -0.374 e. The van der Waals surface area contributed by atoms with Crippen LogP contribution >= 0.6 is 15.9 Å². The molecule has 2 rings (SSSR count). The first kappa shape index (κ1) is 12.4. The van der Waals surface area contributed by atoms with Crippen LogP contribution in [0.5, 0.6) is 0 Å². The molecule has 0 radical (unpaired) electrons. The van der Waals surface area contributed by atoms with Crippen LogP contribution in [-0.2, 0) is 0 Å². The SMILES string of the molecule is CC(C)(Nc1ccc(Br)cc1[N+](=O)[O-])C1CC1. The predicted octanol–water partition coefficient (Wildman–Crippen LogP) is 3.96. The van der Waals surface area contributed by atoms with E-state index in [9.17, 15) is 10.1 Å². The molecule has 1 aliphatic rings. The molecule has 5 heteroatoms. The van der Waals surface area contributed by atoms with Crippen molar-refractivity contribution in [3.63, 3.8) is 0 Å². The molecular weight excluding hydrogens is 284 g/mol. The van der Waals surface area contributed by atoms with Crippen molar-refractivity contribution in [2.45, 2.75) is 32.2 Å². The fraction of sp³-hybridized carbons (Fsp3) is 0.500. The molecule has 0 saturated heterocycles. The minimum atomic E-state index is -0.351. The Hall–Kier alpha value is -1.10. The average molecular weight is 299 g/mol. The standard InChI is InChI=1S/C12H15BrN2O2/c1-12(2,8-3-4-8)14-10-6-5-9(13)7-11(10)15(16)17/h5-8,14H,3-4H2,1-2H3. The largest absolute Gasteiger partial charge is 0.374 e. The molecule has 4 nitrogen and oxygen atoms in total. The molecule has 0 heterocycles. The maximum atomic E-state index is 11.0. The van der Waals surface area contributed by atoms with Crippen molar-refractivity contribution in [2.24, 2.45) is 5.92 Å². The lowest BCUT2D eigenvalue weighted by molar-refractivity contribution is -0.384. The van der Waals surface area contributed by atoms with Crippen molar-refractivity contribution in [1.82, 2.24) is 0 Å². The molecule has 0 bridgehead atoms. The van der Waals surface area contributed by atoms with Gasteiger partial charge in [0.05, 0.1) is 4.92 Å². The number of anilines is 1. The third kappa shape index (κ3) is 2.77.